The number of benzene rings is 1. The van der Waals surface area contributed by atoms with Gasteiger partial charge in [-0.25, -0.2) is 9.78 Å². The van der Waals surface area contributed by atoms with Gasteiger partial charge in [-0.2, -0.15) is 0 Å². The molecule has 0 bridgehead atoms. The molecule has 0 aliphatic heterocycles. The third kappa shape index (κ3) is 4.17. The van der Waals surface area contributed by atoms with E-state index in [1.54, 1.807) is 47.6 Å². The van der Waals surface area contributed by atoms with Crippen molar-refractivity contribution < 1.29 is 14.7 Å². The summed E-state index contributed by atoms with van der Waals surface area (Å²) in [5.41, 5.74) is 0.519. The number of nitrogens with one attached hydrogen (secondary N) is 1. The minimum Gasteiger partial charge on any atom is -0.479 e. The summed E-state index contributed by atoms with van der Waals surface area (Å²) in [5, 5.41) is 11.9. The Hall–Kier alpha value is -2.15. The summed E-state index contributed by atoms with van der Waals surface area (Å²) in [6.45, 7) is 1.87. The highest BCUT2D eigenvalue weighted by molar-refractivity contribution is 9.10. The Morgan fingerprint density at radius 2 is 2.23 bits per heavy atom. The highest BCUT2D eigenvalue weighted by atomic mass is 79.9. The van der Waals surface area contributed by atoms with Gasteiger partial charge >= 0.3 is 5.97 Å². The number of carboxylic acid groups (broad SMARTS) is 1. The van der Waals surface area contributed by atoms with Crippen LogP contribution in [0.5, 0.6) is 0 Å². The lowest BCUT2D eigenvalue weighted by Gasteiger charge is -2.17. The van der Waals surface area contributed by atoms with Crippen molar-refractivity contribution in [3.63, 3.8) is 0 Å². The van der Waals surface area contributed by atoms with Crippen LogP contribution >= 0.6 is 15.9 Å². The average Bonchev–Trinajstić information content (AvgIpc) is 2.98. The van der Waals surface area contributed by atoms with Gasteiger partial charge < -0.3 is 15.0 Å². The predicted molar refractivity (Wildman–Crippen MR) is 84.2 cm³/mol. The molecule has 0 aliphatic rings. The van der Waals surface area contributed by atoms with Crippen LogP contribution in [0.25, 0.3) is 0 Å². The van der Waals surface area contributed by atoms with E-state index in [2.05, 4.69) is 26.2 Å². The van der Waals surface area contributed by atoms with Crippen LogP contribution in [0.1, 0.15) is 31.0 Å². The highest BCUT2D eigenvalue weighted by Gasteiger charge is 2.23. The number of carbonyl (C=O) groups excluding carboxylic acids is 1. The molecule has 1 amide bonds. The van der Waals surface area contributed by atoms with E-state index < -0.39 is 12.0 Å². The lowest BCUT2D eigenvalue weighted by atomic mass is 10.1. The molecule has 116 valence electrons. The zero-order valence-corrected chi connectivity index (χ0v) is 13.5. The van der Waals surface area contributed by atoms with Crippen LogP contribution in [0.4, 0.5) is 0 Å². The number of nitrogens with zero attached hydrogens (tertiary/aromatic N) is 2. The van der Waals surface area contributed by atoms with E-state index in [1.807, 2.05) is 6.92 Å². The Morgan fingerprint density at radius 1 is 1.45 bits per heavy atom. The van der Waals surface area contributed by atoms with Gasteiger partial charge in [0.15, 0.2) is 6.04 Å². The summed E-state index contributed by atoms with van der Waals surface area (Å²) in [6, 6.07) is 5.71. The minimum absolute atomic E-state index is 0.0977. The molecule has 2 aromatic rings. The SMILES string of the molecule is CC(CC(=O)N[C@@H](C(=O)O)c1cccc(Br)c1)n1ccnc1. The van der Waals surface area contributed by atoms with E-state index in [0.29, 0.717) is 5.56 Å². The summed E-state index contributed by atoms with van der Waals surface area (Å²) in [6.07, 6.45) is 5.20. The zero-order chi connectivity index (χ0) is 16.1. The van der Waals surface area contributed by atoms with E-state index in [1.165, 1.54) is 0 Å². The lowest BCUT2D eigenvalue weighted by Crippen LogP contribution is -2.34. The highest BCUT2D eigenvalue weighted by Crippen LogP contribution is 2.19. The first-order valence-corrected chi connectivity index (χ1v) is 7.51. The van der Waals surface area contributed by atoms with E-state index >= 15 is 0 Å². The van der Waals surface area contributed by atoms with Gasteiger partial charge in [-0.05, 0) is 24.6 Å². The molecule has 0 aliphatic carbocycles. The van der Waals surface area contributed by atoms with Crippen LogP contribution in [0.3, 0.4) is 0 Å². The van der Waals surface area contributed by atoms with Gasteiger partial charge in [-0.15, -0.1) is 0 Å². The summed E-state index contributed by atoms with van der Waals surface area (Å²) >= 11 is 3.30. The molecule has 0 radical (unpaired) electrons. The largest absolute Gasteiger partial charge is 0.479 e. The predicted octanol–water partition coefficient (Wildman–Crippen LogP) is 2.54. The van der Waals surface area contributed by atoms with Crippen LogP contribution in [0, 0.1) is 0 Å². The monoisotopic (exact) mass is 365 g/mol. The van der Waals surface area contributed by atoms with Crippen molar-refractivity contribution in [3.8, 4) is 0 Å². The molecule has 0 spiro atoms. The number of hydrogen-bond donors (Lipinski definition) is 2. The van der Waals surface area contributed by atoms with Gasteiger partial charge in [0.2, 0.25) is 5.91 Å². The minimum atomic E-state index is -1.10. The Labute approximate surface area is 136 Å². The van der Waals surface area contributed by atoms with Gasteiger partial charge in [0.1, 0.15) is 0 Å². The Bertz CT molecular complexity index is 658. The van der Waals surface area contributed by atoms with Crippen molar-refractivity contribution in [1.29, 1.82) is 0 Å². The first-order valence-electron chi connectivity index (χ1n) is 6.72. The molecule has 0 fully saturated rings. The fraction of sp³-hybridized carbons (Fsp3) is 0.267. The summed E-state index contributed by atoms with van der Waals surface area (Å²) in [4.78, 5) is 27.4. The number of amides is 1. The van der Waals surface area contributed by atoms with E-state index in [9.17, 15) is 14.7 Å². The van der Waals surface area contributed by atoms with E-state index in [0.717, 1.165) is 4.47 Å². The van der Waals surface area contributed by atoms with Gasteiger partial charge in [0.25, 0.3) is 0 Å². The van der Waals surface area contributed by atoms with Gasteiger partial charge in [-0.3, -0.25) is 4.79 Å². The molecule has 7 heteroatoms. The number of carboxylic acids is 1. The second-order valence-corrected chi connectivity index (χ2v) is 5.87. The number of rotatable bonds is 6. The van der Waals surface area contributed by atoms with Crippen molar-refractivity contribution in [2.75, 3.05) is 0 Å². The number of hydrogen-bond acceptors (Lipinski definition) is 3. The maximum Gasteiger partial charge on any atom is 0.330 e. The van der Waals surface area contributed by atoms with Crippen molar-refractivity contribution in [2.45, 2.75) is 25.4 Å². The third-order valence-electron chi connectivity index (χ3n) is 3.25. The number of halogens is 1. The molecule has 0 saturated carbocycles. The topological polar surface area (TPSA) is 84.2 Å². The molecule has 1 unspecified atom stereocenters. The first kappa shape index (κ1) is 16.2. The van der Waals surface area contributed by atoms with Crippen molar-refractivity contribution >= 4 is 27.8 Å². The van der Waals surface area contributed by atoms with Crippen molar-refractivity contribution in [2.24, 2.45) is 0 Å². The van der Waals surface area contributed by atoms with Crippen LogP contribution in [-0.2, 0) is 9.59 Å². The molecule has 2 rings (SSSR count). The molecular weight excluding hydrogens is 350 g/mol. The quantitative estimate of drug-likeness (QED) is 0.823. The second-order valence-electron chi connectivity index (χ2n) is 4.96. The van der Waals surface area contributed by atoms with Crippen LogP contribution in [-0.4, -0.2) is 26.5 Å². The first-order chi connectivity index (χ1) is 10.5. The number of aromatic nitrogens is 2. The number of carbonyl (C=O) groups is 2. The molecule has 1 aromatic carbocycles. The Morgan fingerprint density at radius 3 is 2.82 bits per heavy atom. The summed E-state index contributed by atoms with van der Waals surface area (Å²) < 4.78 is 2.56. The smallest absolute Gasteiger partial charge is 0.330 e. The van der Waals surface area contributed by atoms with Crippen molar-refractivity contribution in [1.82, 2.24) is 14.9 Å². The zero-order valence-electron chi connectivity index (χ0n) is 11.9. The Balaban J connectivity index is 2.05. The lowest BCUT2D eigenvalue weighted by molar-refractivity contribution is -0.142. The molecule has 1 heterocycles. The second kappa shape index (κ2) is 7.22. The van der Waals surface area contributed by atoms with Gasteiger partial charge in [0, 0.05) is 29.3 Å². The van der Waals surface area contributed by atoms with Crippen LogP contribution in [0.2, 0.25) is 0 Å². The average molecular weight is 366 g/mol. The Kier molecular flexibility index (Phi) is 5.32. The van der Waals surface area contributed by atoms with Crippen LogP contribution < -0.4 is 5.32 Å². The third-order valence-corrected chi connectivity index (χ3v) is 3.74. The molecular formula is C15H16BrN3O3. The molecule has 1 aromatic heterocycles. The molecule has 0 saturated heterocycles. The molecule has 6 nitrogen and oxygen atoms in total. The fourth-order valence-corrected chi connectivity index (χ4v) is 2.51. The molecule has 22 heavy (non-hydrogen) atoms. The number of imidazole rings is 1. The standard InChI is InChI=1S/C15H16BrN3O3/c1-10(19-6-5-17-9-19)7-13(20)18-14(15(21)22)11-3-2-4-12(16)8-11/h2-6,8-10,14H,7H2,1H3,(H,18,20)(H,21,22)/t10?,14-/m1/s1. The van der Waals surface area contributed by atoms with Crippen molar-refractivity contribution in [3.05, 3.63) is 53.0 Å². The summed E-state index contributed by atoms with van der Waals surface area (Å²) in [5.74, 6) is -1.42. The van der Waals surface area contributed by atoms with Gasteiger partial charge in [0.05, 0.1) is 6.33 Å². The number of aliphatic carboxylic acids is 1. The molecule has 2 atom stereocenters. The molecule has 2 N–H and O–H groups in total. The van der Waals surface area contributed by atoms with Crippen LogP contribution in [0.15, 0.2) is 47.5 Å². The maximum absolute atomic E-state index is 12.1. The summed E-state index contributed by atoms with van der Waals surface area (Å²) in [7, 11) is 0. The normalized spacial score (nSPS) is 13.4. The van der Waals surface area contributed by atoms with E-state index in [-0.39, 0.29) is 18.4 Å². The maximum atomic E-state index is 12.1. The van der Waals surface area contributed by atoms with E-state index in [4.69, 9.17) is 0 Å². The fourth-order valence-electron chi connectivity index (χ4n) is 2.10. The van der Waals surface area contributed by atoms with Gasteiger partial charge in [-0.1, -0.05) is 28.1 Å².